The summed E-state index contributed by atoms with van der Waals surface area (Å²) in [6.45, 7) is 6.22. The Hall–Kier alpha value is -2.42. The van der Waals surface area contributed by atoms with Crippen LogP contribution in [0, 0.1) is 5.41 Å². The Balaban J connectivity index is 0.00000342. The first-order valence-corrected chi connectivity index (χ1v) is 12.3. The van der Waals surface area contributed by atoms with Gasteiger partial charge in [-0.25, -0.2) is 0 Å². The molecule has 2 aliphatic heterocycles. The van der Waals surface area contributed by atoms with E-state index in [0.717, 1.165) is 19.3 Å². The van der Waals surface area contributed by atoms with E-state index in [1.54, 1.807) is 24.9 Å². The lowest BCUT2D eigenvalue weighted by atomic mass is 9.80. The second kappa shape index (κ2) is 11.5. The van der Waals surface area contributed by atoms with Gasteiger partial charge in [-0.05, 0) is 50.8 Å². The van der Waals surface area contributed by atoms with Crippen LogP contribution < -0.4 is 16.0 Å². The van der Waals surface area contributed by atoms with Crippen LogP contribution in [0.4, 0.5) is 0 Å². The highest BCUT2D eigenvalue weighted by Crippen LogP contribution is 2.41. The van der Waals surface area contributed by atoms with Crippen LogP contribution in [0.1, 0.15) is 56.2 Å². The van der Waals surface area contributed by atoms with Gasteiger partial charge in [-0.2, -0.15) is 0 Å². The fourth-order valence-electron chi connectivity index (χ4n) is 5.41. The molecule has 5 atom stereocenters. The van der Waals surface area contributed by atoms with Gasteiger partial charge in [0, 0.05) is 19.4 Å². The van der Waals surface area contributed by atoms with E-state index in [2.05, 4.69) is 34.7 Å². The van der Waals surface area contributed by atoms with Crippen LogP contribution in [0.15, 0.2) is 36.9 Å². The largest absolute Gasteiger partial charge is 0.358 e. The van der Waals surface area contributed by atoms with E-state index < -0.39 is 23.7 Å². The lowest BCUT2D eigenvalue weighted by Gasteiger charge is -2.32. The summed E-state index contributed by atoms with van der Waals surface area (Å²) >= 11 is 0. The molecule has 3 aliphatic rings. The van der Waals surface area contributed by atoms with Crippen LogP contribution in [-0.2, 0) is 25.5 Å². The normalized spacial score (nSPS) is 28.6. The summed E-state index contributed by atoms with van der Waals surface area (Å²) in [6.07, 6.45) is 5.49. The minimum atomic E-state index is -0.807. The molecule has 0 aromatic heterocycles. The minimum Gasteiger partial charge on any atom is -0.358 e. The molecule has 9 heteroatoms. The lowest BCUT2D eigenvalue weighted by molar-refractivity contribution is -0.141. The van der Waals surface area contributed by atoms with Gasteiger partial charge in [-0.15, -0.1) is 19.0 Å². The minimum absolute atomic E-state index is 0. The molecule has 2 heterocycles. The van der Waals surface area contributed by atoms with Crippen molar-refractivity contribution in [1.29, 1.82) is 0 Å². The number of carbonyl (C=O) groups excluding carboxylic acids is 3. The number of allylic oxidation sites excluding steroid dienone is 1. The predicted octanol–water partition coefficient (Wildman–Crippen LogP) is 2.24. The van der Waals surface area contributed by atoms with Crippen molar-refractivity contribution in [3.63, 3.8) is 0 Å². The van der Waals surface area contributed by atoms with Gasteiger partial charge in [0.15, 0.2) is 0 Å². The number of amides is 3. The zero-order valence-corrected chi connectivity index (χ0v) is 21.4. The summed E-state index contributed by atoms with van der Waals surface area (Å²) in [6, 6.07) is 7.16. The number of carbonyl (C=O) groups is 3. The second-order valence-electron chi connectivity index (χ2n) is 9.75. The monoisotopic (exact) mass is 504 g/mol. The van der Waals surface area contributed by atoms with Gasteiger partial charge in [0.2, 0.25) is 17.7 Å². The first-order valence-electron chi connectivity index (χ1n) is 12.3. The van der Waals surface area contributed by atoms with Gasteiger partial charge < -0.3 is 25.6 Å². The van der Waals surface area contributed by atoms with Gasteiger partial charge >= 0.3 is 0 Å². The number of hydrogen-bond donors (Lipinski definition) is 3. The van der Waals surface area contributed by atoms with E-state index in [9.17, 15) is 14.4 Å². The number of likely N-dealkylation sites (N-methyl/N-ethyl adjacent to an activating group) is 1. The van der Waals surface area contributed by atoms with Gasteiger partial charge in [-0.3, -0.25) is 14.4 Å². The number of aryl methyl sites for hydroxylation is 1. The Labute approximate surface area is 213 Å². The first kappa shape index (κ1) is 27.2. The average Bonchev–Trinajstić information content (AvgIpc) is 3.16. The quantitative estimate of drug-likeness (QED) is 0.494. The number of benzene rings is 1. The summed E-state index contributed by atoms with van der Waals surface area (Å²) < 4.78 is 6.02. The summed E-state index contributed by atoms with van der Waals surface area (Å²) in [5, 5.41) is 9.02. The highest BCUT2D eigenvalue weighted by Gasteiger charge is 2.53. The molecular weight excluding hydrogens is 468 g/mol. The highest BCUT2D eigenvalue weighted by molar-refractivity contribution is 5.91. The maximum Gasteiger partial charge on any atom is 0.247 e. The number of nitrogens with one attached hydrogen (secondary N) is 3. The standard InChI is InChI=1S/C26H36N4O4.ClH/c1-4-13-26(25(33)29-20-11-7-9-18-8-5-6-10-19(18)20)15-22-30(16-26)24(32)21(12-14-34-22)28-23(31)17(2)27-3;/h4-6,8,10,17,20-22,27H,1,7,9,11-16H2,2-3H3,(H,28,31)(H,29,33);1H/t17?,20-,21+,22+,26?;/m1./s1. The van der Waals surface area contributed by atoms with Crippen molar-refractivity contribution >= 4 is 30.1 Å². The Morgan fingerprint density at radius 1 is 1.26 bits per heavy atom. The molecule has 3 N–H and O–H groups in total. The van der Waals surface area contributed by atoms with E-state index in [1.165, 1.54) is 11.1 Å². The van der Waals surface area contributed by atoms with Crippen LogP contribution in [0.5, 0.6) is 0 Å². The molecule has 1 aliphatic carbocycles. The van der Waals surface area contributed by atoms with Crippen molar-refractivity contribution in [1.82, 2.24) is 20.9 Å². The summed E-state index contributed by atoms with van der Waals surface area (Å²) in [7, 11) is 1.70. The molecule has 2 saturated heterocycles. The molecule has 8 nitrogen and oxygen atoms in total. The fraction of sp³-hybridized carbons (Fsp3) is 0.577. The van der Waals surface area contributed by atoms with Crippen LogP contribution in [0.2, 0.25) is 0 Å². The van der Waals surface area contributed by atoms with E-state index in [1.807, 2.05) is 12.1 Å². The topological polar surface area (TPSA) is 99.8 Å². The molecule has 35 heavy (non-hydrogen) atoms. The van der Waals surface area contributed by atoms with E-state index in [-0.39, 0.29) is 42.7 Å². The van der Waals surface area contributed by atoms with E-state index in [0.29, 0.717) is 25.9 Å². The fourth-order valence-corrected chi connectivity index (χ4v) is 5.41. The number of halogens is 1. The van der Waals surface area contributed by atoms with Crippen molar-refractivity contribution in [2.75, 3.05) is 20.2 Å². The number of ether oxygens (including phenoxy) is 1. The third-order valence-corrected chi connectivity index (χ3v) is 7.52. The summed E-state index contributed by atoms with van der Waals surface area (Å²) in [5.41, 5.74) is 1.65. The molecule has 0 saturated carbocycles. The van der Waals surface area contributed by atoms with Gasteiger partial charge in [0.25, 0.3) is 0 Å². The molecule has 3 amide bonds. The van der Waals surface area contributed by atoms with Crippen LogP contribution in [-0.4, -0.2) is 61.1 Å². The smallest absolute Gasteiger partial charge is 0.247 e. The van der Waals surface area contributed by atoms with Crippen molar-refractivity contribution in [2.24, 2.45) is 5.41 Å². The molecule has 1 aromatic rings. The maximum atomic E-state index is 13.7. The lowest BCUT2D eigenvalue weighted by Crippen LogP contribution is -2.53. The Kier molecular flexibility index (Phi) is 8.96. The number of rotatable bonds is 7. The van der Waals surface area contributed by atoms with Gasteiger partial charge in [0.05, 0.1) is 24.1 Å². The Bertz CT molecular complexity index is 957. The van der Waals surface area contributed by atoms with Crippen molar-refractivity contribution < 1.29 is 19.1 Å². The molecule has 4 rings (SSSR count). The molecule has 2 fully saturated rings. The zero-order valence-electron chi connectivity index (χ0n) is 20.5. The molecule has 1 aromatic carbocycles. The highest BCUT2D eigenvalue weighted by atomic mass is 35.5. The second-order valence-corrected chi connectivity index (χ2v) is 9.75. The van der Waals surface area contributed by atoms with Crippen molar-refractivity contribution in [3.8, 4) is 0 Å². The number of nitrogens with zero attached hydrogens (tertiary/aromatic N) is 1. The molecule has 0 bridgehead atoms. The van der Waals surface area contributed by atoms with Crippen LogP contribution >= 0.6 is 12.4 Å². The van der Waals surface area contributed by atoms with Crippen LogP contribution in [0.25, 0.3) is 0 Å². The van der Waals surface area contributed by atoms with Crippen molar-refractivity contribution in [3.05, 3.63) is 48.0 Å². The molecule has 192 valence electrons. The molecule has 0 spiro atoms. The Morgan fingerprint density at radius 3 is 2.77 bits per heavy atom. The molecule has 0 radical (unpaired) electrons. The Morgan fingerprint density at radius 2 is 2.03 bits per heavy atom. The molecular formula is C26H37ClN4O4. The van der Waals surface area contributed by atoms with Gasteiger partial charge in [0.1, 0.15) is 12.3 Å². The zero-order chi connectivity index (χ0) is 24.3. The van der Waals surface area contributed by atoms with E-state index in [4.69, 9.17) is 4.74 Å². The third-order valence-electron chi connectivity index (χ3n) is 7.52. The number of hydrogen-bond acceptors (Lipinski definition) is 5. The molecule has 2 unspecified atom stereocenters. The first-order chi connectivity index (χ1) is 16.4. The van der Waals surface area contributed by atoms with Crippen LogP contribution in [0.3, 0.4) is 0 Å². The SMILES string of the molecule is C=CCC1(C(=O)N[C@@H]2CCCc3ccccc32)C[C@@H]2OCC[C@H](NC(=O)C(C)NC)C(=O)N2C1.Cl. The predicted molar refractivity (Wildman–Crippen MR) is 136 cm³/mol. The number of fused-ring (bicyclic) bond motifs is 2. The summed E-state index contributed by atoms with van der Waals surface area (Å²) in [5.74, 6) is -0.492. The van der Waals surface area contributed by atoms with E-state index >= 15 is 0 Å². The van der Waals surface area contributed by atoms with Crippen molar-refractivity contribution in [2.45, 2.75) is 69.8 Å². The summed E-state index contributed by atoms with van der Waals surface area (Å²) in [4.78, 5) is 41.2. The van der Waals surface area contributed by atoms with Gasteiger partial charge in [-0.1, -0.05) is 30.3 Å². The average molecular weight is 505 g/mol. The maximum absolute atomic E-state index is 13.7. The third kappa shape index (κ3) is 5.55.